The van der Waals surface area contributed by atoms with Gasteiger partial charge in [0.2, 0.25) is 0 Å². The van der Waals surface area contributed by atoms with Crippen molar-refractivity contribution in [1.82, 2.24) is 14.8 Å². The minimum absolute atomic E-state index is 0.0563. The van der Waals surface area contributed by atoms with Gasteiger partial charge in [-0.1, -0.05) is 12.1 Å². The SMILES string of the molecule is Cn1nc(OCC(=O)O)nc1-c1cccc(F)c1. The Hall–Kier alpha value is -2.44. The molecule has 1 aromatic carbocycles. The molecule has 0 spiro atoms. The highest BCUT2D eigenvalue weighted by atomic mass is 19.1. The standard InChI is InChI=1S/C11H10FN3O3/c1-15-10(7-3-2-4-8(12)5-7)13-11(14-15)18-6-9(16)17/h2-5H,6H2,1H3,(H,16,17). The molecule has 0 aliphatic rings. The van der Waals surface area contributed by atoms with Crippen LogP contribution in [0.5, 0.6) is 6.01 Å². The molecule has 0 atom stereocenters. The van der Waals surface area contributed by atoms with E-state index in [1.165, 1.54) is 16.8 Å². The minimum Gasteiger partial charge on any atom is -0.479 e. The number of carboxylic acids is 1. The second-order valence-corrected chi connectivity index (χ2v) is 3.53. The van der Waals surface area contributed by atoms with Crippen molar-refractivity contribution in [3.05, 3.63) is 30.1 Å². The number of aliphatic carboxylic acids is 1. The number of carboxylic acid groups (broad SMARTS) is 1. The van der Waals surface area contributed by atoms with Gasteiger partial charge in [-0.2, -0.15) is 4.98 Å². The Morgan fingerprint density at radius 1 is 1.56 bits per heavy atom. The van der Waals surface area contributed by atoms with Gasteiger partial charge >= 0.3 is 12.0 Å². The number of halogens is 1. The lowest BCUT2D eigenvalue weighted by atomic mass is 10.2. The third-order valence-electron chi connectivity index (χ3n) is 2.15. The summed E-state index contributed by atoms with van der Waals surface area (Å²) < 4.78 is 19.3. The number of nitrogens with zero attached hydrogens (tertiary/aromatic N) is 3. The van der Waals surface area contributed by atoms with Crippen molar-refractivity contribution in [2.24, 2.45) is 7.05 Å². The van der Waals surface area contributed by atoms with E-state index in [0.29, 0.717) is 11.4 Å². The lowest BCUT2D eigenvalue weighted by Gasteiger charge is -1.98. The van der Waals surface area contributed by atoms with Crippen molar-refractivity contribution in [1.29, 1.82) is 0 Å². The molecule has 0 fully saturated rings. The molecule has 2 rings (SSSR count). The molecule has 0 saturated heterocycles. The molecule has 0 aliphatic carbocycles. The molecule has 0 saturated carbocycles. The first-order chi connectivity index (χ1) is 8.56. The molecule has 94 valence electrons. The Labute approximate surface area is 102 Å². The largest absolute Gasteiger partial charge is 0.479 e. The fraction of sp³-hybridized carbons (Fsp3) is 0.182. The van der Waals surface area contributed by atoms with Crippen LogP contribution >= 0.6 is 0 Å². The summed E-state index contributed by atoms with van der Waals surface area (Å²) in [5.74, 6) is -1.10. The van der Waals surface area contributed by atoms with E-state index in [4.69, 9.17) is 9.84 Å². The van der Waals surface area contributed by atoms with Gasteiger partial charge in [0.25, 0.3) is 0 Å². The highest BCUT2D eigenvalue weighted by molar-refractivity contribution is 5.68. The van der Waals surface area contributed by atoms with Gasteiger partial charge in [-0.25, -0.2) is 13.9 Å². The minimum atomic E-state index is -1.12. The number of ether oxygens (including phenoxy) is 1. The van der Waals surface area contributed by atoms with Crippen molar-refractivity contribution in [2.45, 2.75) is 0 Å². The summed E-state index contributed by atoms with van der Waals surface area (Å²) >= 11 is 0. The van der Waals surface area contributed by atoms with E-state index in [-0.39, 0.29) is 11.8 Å². The summed E-state index contributed by atoms with van der Waals surface area (Å²) in [4.78, 5) is 14.3. The summed E-state index contributed by atoms with van der Waals surface area (Å²) in [6.07, 6.45) is 0. The predicted octanol–water partition coefficient (Wildman–Crippen LogP) is 1.08. The Balaban J connectivity index is 2.26. The van der Waals surface area contributed by atoms with Crippen LogP contribution < -0.4 is 4.74 Å². The average molecular weight is 251 g/mol. The second kappa shape index (κ2) is 4.82. The van der Waals surface area contributed by atoms with E-state index >= 15 is 0 Å². The van der Waals surface area contributed by atoms with Crippen molar-refractivity contribution in [3.63, 3.8) is 0 Å². The van der Waals surface area contributed by atoms with Crippen LogP contribution in [0.25, 0.3) is 11.4 Å². The van der Waals surface area contributed by atoms with Crippen LogP contribution in [0.4, 0.5) is 4.39 Å². The van der Waals surface area contributed by atoms with Crippen LogP contribution in [0.2, 0.25) is 0 Å². The maximum Gasteiger partial charge on any atom is 0.341 e. The zero-order chi connectivity index (χ0) is 13.1. The van der Waals surface area contributed by atoms with E-state index in [1.807, 2.05) is 0 Å². The first kappa shape index (κ1) is 12.0. The van der Waals surface area contributed by atoms with Crippen LogP contribution in [-0.2, 0) is 11.8 Å². The maximum atomic E-state index is 13.1. The molecular formula is C11H10FN3O3. The monoisotopic (exact) mass is 251 g/mol. The fourth-order valence-electron chi connectivity index (χ4n) is 1.43. The molecule has 6 nitrogen and oxygen atoms in total. The molecule has 1 heterocycles. The van der Waals surface area contributed by atoms with E-state index in [0.717, 1.165) is 0 Å². The smallest absolute Gasteiger partial charge is 0.341 e. The van der Waals surface area contributed by atoms with Crippen LogP contribution in [0, 0.1) is 5.82 Å². The molecule has 0 bridgehead atoms. The van der Waals surface area contributed by atoms with Crippen LogP contribution in [0.3, 0.4) is 0 Å². The first-order valence-corrected chi connectivity index (χ1v) is 5.08. The van der Waals surface area contributed by atoms with E-state index in [2.05, 4.69) is 10.1 Å². The lowest BCUT2D eigenvalue weighted by Crippen LogP contribution is -2.10. The molecular weight excluding hydrogens is 241 g/mol. The Morgan fingerprint density at radius 3 is 3.00 bits per heavy atom. The molecule has 2 aromatic rings. The number of aromatic nitrogens is 3. The summed E-state index contributed by atoms with van der Waals surface area (Å²) in [6, 6.07) is 5.80. The molecule has 1 N–H and O–H groups in total. The average Bonchev–Trinajstić information content (AvgIpc) is 2.68. The first-order valence-electron chi connectivity index (χ1n) is 5.08. The Kier molecular flexibility index (Phi) is 3.22. The Morgan fingerprint density at radius 2 is 2.33 bits per heavy atom. The van der Waals surface area contributed by atoms with Gasteiger partial charge in [-0.15, -0.1) is 5.10 Å². The summed E-state index contributed by atoms with van der Waals surface area (Å²) in [5, 5.41) is 12.4. The molecule has 1 aromatic heterocycles. The van der Waals surface area contributed by atoms with Gasteiger partial charge in [-0.05, 0) is 12.1 Å². The topological polar surface area (TPSA) is 77.2 Å². The quantitative estimate of drug-likeness (QED) is 0.879. The third kappa shape index (κ3) is 2.62. The lowest BCUT2D eigenvalue weighted by molar-refractivity contribution is -0.139. The number of aryl methyl sites for hydroxylation is 1. The van der Waals surface area contributed by atoms with Gasteiger partial charge < -0.3 is 9.84 Å². The molecule has 7 heteroatoms. The van der Waals surface area contributed by atoms with Gasteiger partial charge in [0, 0.05) is 12.6 Å². The summed E-state index contributed by atoms with van der Waals surface area (Å²) in [6.45, 7) is -0.521. The highest BCUT2D eigenvalue weighted by Crippen LogP contribution is 2.19. The number of benzene rings is 1. The zero-order valence-electron chi connectivity index (χ0n) is 9.50. The van der Waals surface area contributed by atoms with Crippen LogP contribution in [0.1, 0.15) is 0 Å². The van der Waals surface area contributed by atoms with E-state index in [1.54, 1.807) is 19.2 Å². The number of hydrogen-bond acceptors (Lipinski definition) is 4. The van der Waals surface area contributed by atoms with Crippen molar-refractivity contribution in [3.8, 4) is 17.4 Å². The molecule has 0 aliphatic heterocycles. The predicted molar refractivity (Wildman–Crippen MR) is 59.5 cm³/mol. The summed E-state index contributed by atoms with van der Waals surface area (Å²) in [7, 11) is 1.61. The van der Waals surface area contributed by atoms with Crippen molar-refractivity contribution < 1.29 is 19.0 Å². The van der Waals surface area contributed by atoms with Crippen molar-refractivity contribution in [2.75, 3.05) is 6.61 Å². The molecule has 0 radical (unpaired) electrons. The van der Waals surface area contributed by atoms with Gasteiger partial charge in [-0.3, -0.25) is 0 Å². The molecule has 0 unspecified atom stereocenters. The third-order valence-corrected chi connectivity index (χ3v) is 2.15. The van der Waals surface area contributed by atoms with Gasteiger partial charge in [0.1, 0.15) is 5.82 Å². The van der Waals surface area contributed by atoms with Gasteiger partial charge in [0.05, 0.1) is 0 Å². The van der Waals surface area contributed by atoms with E-state index in [9.17, 15) is 9.18 Å². The van der Waals surface area contributed by atoms with Gasteiger partial charge in [0.15, 0.2) is 12.4 Å². The number of carbonyl (C=O) groups is 1. The summed E-state index contributed by atoms with van der Waals surface area (Å²) in [5.41, 5.74) is 0.537. The van der Waals surface area contributed by atoms with Crippen molar-refractivity contribution >= 4 is 5.97 Å². The van der Waals surface area contributed by atoms with E-state index < -0.39 is 12.6 Å². The fourth-order valence-corrected chi connectivity index (χ4v) is 1.43. The van der Waals surface area contributed by atoms with Crippen LogP contribution in [0.15, 0.2) is 24.3 Å². The highest BCUT2D eigenvalue weighted by Gasteiger charge is 2.11. The number of hydrogen-bond donors (Lipinski definition) is 1. The normalized spacial score (nSPS) is 10.3. The second-order valence-electron chi connectivity index (χ2n) is 3.53. The molecule has 0 amide bonds. The number of rotatable bonds is 4. The Bertz CT molecular complexity index is 583. The van der Waals surface area contributed by atoms with Crippen LogP contribution in [-0.4, -0.2) is 32.4 Å². The zero-order valence-corrected chi connectivity index (χ0v) is 9.50. The molecule has 18 heavy (non-hydrogen) atoms. The maximum absolute atomic E-state index is 13.1.